The van der Waals surface area contributed by atoms with Crippen molar-refractivity contribution in [2.24, 2.45) is 0 Å². The summed E-state index contributed by atoms with van der Waals surface area (Å²) < 4.78 is 3.79. The number of carbonyl (C=O) groups is 1. The molecule has 0 aliphatic rings. The van der Waals surface area contributed by atoms with E-state index in [4.69, 9.17) is 0 Å². The number of hydrogen-bond donors (Lipinski definition) is 0. The van der Waals surface area contributed by atoms with Gasteiger partial charge in [0.25, 0.3) is 0 Å². The fourth-order valence-electron chi connectivity index (χ4n) is 2.34. The number of fused-ring (bicyclic) bond motifs is 2. The predicted octanol–water partition coefficient (Wildman–Crippen LogP) is 3.10. The summed E-state index contributed by atoms with van der Waals surface area (Å²) >= 11 is 0. The first-order valence-electron chi connectivity index (χ1n) is 6.98. The summed E-state index contributed by atoms with van der Waals surface area (Å²) in [6.45, 7) is 3.82. The van der Waals surface area contributed by atoms with Crippen LogP contribution in [-0.4, -0.2) is 25.1 Å². The minimum Gasteiger partial charge on any atom is -0.307 e. The molecule has 0 bridgehead atoms. The SMILES string of the molecule is Cc1cn2ccccc2n1.Cc1nc2ccccn2c1C=O. The zero-order chi connectivity index (χ0) is 15.5. The third-order valence-corrected chi connectivity index (χ3v) is 3.35. The first-order valence-corrected chi connectivity index (χ1v) is 6.98. The molecule has 22 heavy (non-hydrogen) atoms. The molecular weight excluding hydrogens is 276 g/mol. The van der Waals surface area contributed by atoms with E-state index in [0.29, 0.717) is 5.69 Å². The van der Waals surface area contributed by atoms with Gasteiger partial charge in [-0.2, -0.15) is 0 Å². The molecule has 0 aliphatic carbocycles. The standard InChI is InChI=1S/C9H8N2O.C8H8N2/c1-7-8(6-12)11-5-3-2-4-9(11)10-7;1-7-6-10-5-3-2-4-8(10)9-7/h2-6H,1H3;2-6H,1H3. The van der Waals surface area contributed by atoms with Crippen molar-refractivity contribution in [3.05, 3.63) is 72.1 Å². The van der Waals surface area contributed by atoms with E-state index >= 15 is 0 Å². The molecule has 5 heteroatoms. The molecule has 4 heterocycles. The number of aryl methyl sites for hydroxylation is 2. The molecule has 4 rings (SSSR count). The number of nitrogens with zero attached hydrogens (tertiary/aromatic N) is 4. The Morgan fingerprint density at radius 1 is 0.955 bits per heavy atom. The first kappa shape index (κ1) is 14.0. The molecule has 110 valence electrons. The molecule has 0 amide bonds. The van der Waals surface area contributed by atoms with Gasteiger partial charge in [-0.25, -0.2) is 9.97 Å². The second kappa shape index (κ2) is 5.81. The van der Waals surface area contributed by atoms with Crippen LogP contribution in [0.3, 0.4) is 0 Å². The highest BCUT2D eigenvalue weighted by Crippen LogP contribution is 2.08. The van der Waals surface area contributed by atoms with Crippen molar-refractivity contribution >= 4 is 17.6 Å². The normalized spacial score (nSPS) is 10.5. The lowest BCUT2D eigenvalue weighted by atomic mass is 10.4. The summed E-state index contributed by atoms with van der Waals surface area (Å²) in [5.41, 5.74) is 4.30. The van der Waals surface area contributed by atoms with Crippen LogP contribution in [0.4, 0.5) is 0 Å². The van der Waals surface area contributed by atoms with Crippen molar-refractivity contribution in [3.8, 4) is 0 Å². The maximum atomic E-state index is 10.6. The molecule has 5 nitrogen and oxygen atoms in total. The van der Waals surface area contributed by atoms with Crippen LogP contribution in [0.5, 0.6) is 0 Å². The largest absolute Gasteiger partial charge is 0.307 e. The second-order valence-electron chi connectivity index (χ2n) is 4.98. The number of carbonyl (C=O) groups excluding carboxylic acids is 1. The number of rotatable bonds is 1. The number of pyridine rings is 2. The number of imidazole rings is 2. The fourth-order valence-corrected chi connectivity index (χ4v) is 2.34. The summed E-state index contributed by atoms with van der Waals surface area (Å²) in [5.74, 6) is 0. The second-order valence-corrected chi connectivity index (χ2v) is 4.98. The van der Waals surface area contributed by atoms with Gasteiger partial charge in [0.2, 0.25) is 0 Å². The van der Waals surface area contributed by atoms with Gasteiger partial charge in [-0.1, -0.05) is 12.1 Å². The Morgan fingerprint density at radius 2 is 1.68 bits per heavy atom. The van der Waals surface area contributed by atoms with E-state index in [1.807, 2.05) is 73.2 Å². The van der Waals surface area contributed by atoms with Crippen LogP contribution >= 0.6 is 0 Å². The van der Waals surface area contributed by atoms with Gasteiger partial charge >= 0.3 is 0 Å². The maximum absolute atomic E-state index is 10.6. The van der Waals surface area contributed by atoms with Crippen molar-refractivity contribution in [2.45, 2.75) is 13.8 Å². The average molecular weight is 292 g/mol. The molecule has 4 aromatic rings. The summed E-state index contributed by atoms with van der Waals surface area (Å²) in [4.78, 5) is 19.1. The van der Waals surface area contributed by atoms with Crippen LogP contribution < -0.4 is 0 Å². The van der Waals surface area contributed by atoms with E-state index in [-0.39, 0.29) is 0 Å². The van der Waals surface area contributed by atoms with E-state index in [9.17, 15) is 4.79 Å². The van der Waals surface area contributed by atoms with Gasteiger partial charge in [0, 0.05) is 18.6 Å². The highest BCUT2D eigenvalue weighted by molar-refractivity contribution is 5.76. The van der Waals surface area contributed by atoms with Gasteiger partial charge in [0.1, 0.15) is 17.0 Å². The quantitative estimate of drug-likeness (QED) is 0.507. The molecule has 0 radical (unpaired) electrons. The fraction of sp³-hybridized carbons (Fsp3) is 0.118. The lowest BCUT2D eigenvalue weighted by Gasteiger charge is -1.91. The van der Waals surface area contributed by atoms with Crippen molar-refractivity contribution in [1.82, 2.24) is 18.8 Å². The topological polar surface area (TPSA) is 51.7 Å². The van der Waals surface area contributed by atoms with Gasteiger partial charge in [-0.3, -0.25) is 9.20 Å². The monoisotopic (exact) mass is 292 g/mol. The summed E-state index contributed by atoms with van der Waals surface area (Å²) in [5, 5.41) is 0. The predicted molar refractivity (Wildman–Crippen MR) is 85.2 cm³/mol. The van der Waals surface area contributed by atoms with Crippen molar-refractivity contribution < 1.29 is 4.79 Å². The van der Waals surface area contributed by atoms with E-state index in [0.717, 1.165) is 29.0 Å². The lowest BCUT2D eigenvalue weighted by molar-refractivity contribution is 0.111. The van der Waals surface area contributed by atoms with E-state index in [1.165, 1.54) is 0 Å². The summed E-state index contributed by atoms with van der Waals surface area (Å²) in [6.07, 6.45) is 6.67. The van der Waals surface area contributed by atoms with Gasteiger partial charge < -0.3 is 4.40 Å². The average Bonchev–Trinajstić information content (AvgIpc) is 3.05. The number of hydrogen-bond acceptors (Lipinski definition) is 3. The number of aldehydes is 1. The summed E-state index contributed by atoms with van der Waals surface area (Å²) in [6, 6.07) is 11.6. The Kier molecular flexibility index (Phi) is 3.70. The van der Waals surface area contributed by atoms with Crippen LogP contribution in [0.2, 0.25) is 0 Å². The number of aromatic nitrogens is 4. The van der Waals surface area contributed by atoms with Gasteiger partial charge in [-0.05, 0) is 38.1 Å². The molecule has 0 N–H and O–H groups in total. The van der Waals surface area contributed by atoms with E-state index < -0.39 is 0 Å². The Labute approximate surface area is 127 Å². The van der Waals surface area contributed by atoms with Crippen LogP contribution in [0, 0.1) is 13.8 Å². The minimum atomic E-state index is 0.630. The Morgan fingerprint density at radius 3 is 2.41 bits per heavy atom. The van der Waals surface area contributed by atoms with E-state index in [1.54, 1.807) is 4.40 Å². The van der Waals surface area contributed by atoms with Crippen LogP contribution in [0.1, 0.15) is 21.9 Å². The highest BCUT2D eigenvalue weighted by Gasteiger charge is 2.04. The zero-order valence-electron chi connectivity index (χ0n) is 12.5. The van der Waals surface area contributed by atoms with Crippen LogP contribution in [-0.2, 0) is 0 Å². The molecule has 0 atom stereocenters. The smallest absolute Gasteiger partial charge is 0.168 e. The Bertz CT molecular complexity index is 903. The van der Waals surface area contributed by atoms with Crippen LogP contribution in [0.15, 0.2) is 55.0 Å². The minimum absolute atomic E-state index is 0.630. The molecule has 0 aromatic carbocycles. The van der Waals surface area contributed by atoms with Crippen molar-refractivity contribution in [3.63, 3.8) is 0 Å². The van der Waals surface area contributed by atoms with Crippen molar-refractivity contribution in [2.75, 3.05) is 0 Å². The van der Waals surface area contributed by atoms with Crippen molar-refractivity contribution in [1.29, 1.82) is 0 Å². The van der Waals surface area contributed by atoms with Gasteiger partial charge in [-0.15, -0.1) is 0 Å². The molecule has 0 saturated heterocycles. The zero-order valence-corrected chi connectivity index (χ0v) is 12.5. The third kappa shape index (κ3) is 2.61. The highest BCUT2D eigenvalue weighted by atomic mass is 16.1. The molecular formula is C17H16N4O. The Hall–Kier alpha value is -2.95. The van der Waals surface area contributed by atoms with Crippen LogP contribution in [0.25, 0.3) is 11.3 Å². The first-order chi connectivity index (χ1) is 10.7. The van der Waals surface area contributed by atoms with Gasteiger partial charge in [0.05, 0.1) is 11.4 Å². The molecule has 0 unspecified atom stereocenters. The molecule has 0 spiro atoms. The van der Waals surface area contributed by atoms with Gasteiger partial charge in [0.15, 0.2) is 6.29 Å². The summed E-state index contributed by atoms with van der Waals surface area (Å²) in [7, 11) is 0. The lowest BCUT2D eigenvalue weighted by Crippen LogP contribution is -1.90. The molecule has 0 saturated carbocycles. The molecule has 4 aromatic heterocycles. The Balaban J connectivity index is 0.000000133. The third-order valence-electron chi connectivity index (χ3n) is 3.35. The molecule has 0 fully saturated rings. The van der Waals surface area contributed by atoms with E-state index in [2.05, 4.69) is 9.97 Å². The molecule has 0 aliphatic heterocycles. The maximum Gasteiger partial charge on any atom is 0.168 e.